The van der Waals surface area contributed by atoms with Gasteiger partial charge >= 0.3 is 0 Å². The van der Waals surface area contributed by atoms with E-state index in [0.29, 0.717) is 0 Å². The van der Waals surface area contributed by atoms with Crippen molar-refractivity contribution in [1.82, 2.24) is 0 Å². The van der Waals surface area contributed by atoms with Crippen LogP contribution in [0.4, 0.5) is 11.4 Å². The van der Waals surface area contributed by atoms with Crippen molar-refractivity contribution in [3.63, 3.8) is 0 Å². The number of allylic oxidation sites excluding steroid dienone is 1. The predicted octanol–water partition coefficient (Wildman–Crippen LogP) is 12.2. The molecular weight excluding hydrogens is 555 g/mol. The predicted molar refractivity (Wildman–Crippen MR) is 197 cm³/mol. The maximum atomic E-state index is 2.41. The average molecular weight is 586 g/mol. The van der Waals surface area contributed by atoms with Crippen molar-refractivity contribution >= 4 is 49.4 Å². The van der Waals surface area contributed by atoms with Crippen molar-refractivity contribution < 1.29 is 0 Å². The summed E-state index contributed by atoms with van der Waals surface area (Å²) in [5.41, 5.74) is 11.2. The standard InChI is InChI=1S/C45H31N/c1-2-13-32(14-3-1)43-29-26-33-15-6-11-21-42(33)46(43)37-27-24-34(25-28-37)44-38-17-7-9-19-40(38)45(41-20-10-8-18-39(41)44)36-23-22-31-12-4-5-16-35(31)30-36/h1-25,27-30H,26H2. The van der Waals surface area contributed by atoms with Gasteiger partial charge in [0, 0.05) is 17.1 Å². The van der Waals surface area contributed by atoms with Gasteiger partial charge in [0.25, 0.3) is 0 Å². The second-order valence-electron chi connectivity index (χ2n) is 12.1. The lowest BCUT2D eigenvalue weighted by molar-refractivity contribution is 1.15. The first-order chi connectivity index (χ1) is 22.8. The maximum Gasteiger partial charge on any atom is 0.0497 e. The quantitative estimate of drug-likeness (QED) is 0.186. The molecule has 0 bridgehead atoms. The van der Waals surface area contributed by atoms with Crippen LogP contribution in [0.2, 0.25) is 0 Å². The molecule has 0 fully saturated rings. The molecule has 1 nitrogen and oxygen atoms in total. The Balaban J connectivity index is 1.22. The fraction of sp³-hybridized carbons (Fsp3) is 0.0222. The Bertz CT molecular complexity index is 2380. The molecule has 216 valence electrons. The molecule has 0 saturated carbocycles. The van der Waals surface area contributed by atoms with Crippen LogP contribution in [0, 0.1) is 0 Å². The zero-order valence-electron chi connectivity index (χ0n) is 25.4. The summed E-state index contributed by atoms with van der Waals surface area (Å²) in [7, 11) is 0. The van der Waals surface area contributed by atoms with Crippen LogP contribution in [0.15, 0.2) is 176 Å². The van der Waals surface area contributed by atoms with E-state index in [-0.39, 0.29) is 0 Å². The number of nitrogens with zero attached hydrogens (tertiary/aromatic N) is 1. The fourth-order valence-corrected chi connectivity index (χ4v) is 7.34. The first-order valence-corrected chi connectivity index (χ1v) is 16.0. The number of benzene rings is 8. The first-order valence-electron chi connectivity index (χ1n) is 16.0. The van der Waals surface area contributed by atoms with Crippen LogP contribution in [0.1, 0.15) is 11.1 Å². The largest absolute Gasteiger partial charge is 0.310 e. The van der Waals surface area contributed by atoms with E-state index in [1.807, 2.05) is 0 Å². The van der Waals surface area contributed by atoms with Gasteiger partial charge in [0.05, 0.1) is 0 Å². The zero-order chi connectivity index (χ0) is 30.5. The molecule has 0 N–H and O–H groups in total. The Morgan fingerprint density at radius 2 is 0.935 bits per heavy atom. The minimum absolute atomic E-state index is 0.927. The lowest BCUT2D eigenvalue weighted by Crippen LogP contribution is -2.20. The van der Waals surface area contributed by atoms with E-state index in [2.05, 4.69) is 181 Å². The third-order valence-electron chi connectivity index (χ3n) is 9.44. The van der Waals surface area contributed by atoms with Gasteiger partial charge in [-0.25, -0.2) is 0 Å². The highest BCUT2D eigenvalue weighted by molar-refractivity contribution is 6.21. The molecule has 0 unspecified atom stereocenters. The Labute approximate surface area is 269 Å². The highest BCUT2D eigenvalue weighted by atomic mass is 15.2. The molecule has 1 heteroatoms. The summed E-state index contributed by atoms with van der Waals surface area (Å²) >= 11 is 0. The van der Waals surface area contributed by atoms with Gasteiger partial charge in [0.2, 0.25) is 0 Å². The van der Waals surface area contributed by atoms with Crippen LogP contribution in [-0.4, -0.2) is 0 Å². The molecule has 0 aromatic heterocycles. The van der Waals surface area contributed by atoms with Crippen molar-refractivity contribution in [2.75, 3.05) is 4.90 Å². The average Bonchev–Trinajstić information content (AvgIpc) is 3.13. The molecule has 0 radical (unpaired) electrons. The number of hydrogen-bond donors (Lipinski definition) is 0. The number of fused-ring (bicyclic) bond motifs is 4. The highest BCUT2D eigenvalue weighted by Crippen LogP contribution is 2.45. The molecule has 0 amide bonds. The lowest BCUT2D eigenvalue weighted by atomic mass is 9.85. The maximum absolute atomic E-state index is 2.41. The number of rotatable bonds is 4. The van der Waals surface area contributed by atoms with E-state index >= 15 is 0 Å². The molecule has 0 atom stereocenters. The zero-order valence-corrected chi connectivity index (χ0v) is 25.4. The van der Waals surface area contributed by atoms with Crippen LogP contribution < -0.4 is 4.90 Å². The molecule has 0 saturated heterocycles. The lowest BCUT2D eigenvalue weighted by Gasteiger charge is -2.33. The van der Waals surface area contributed by atoms with Gasteiger partial charge in [-0.2, -0.15) is 0 Å². The Morgan fingerprint density at radius 3 is 1.63 bits per heavy atom. The Morgan fingerprint density at radius 1 is 0.391 bits per heavy atom. The van der Waals surface area contributed by atoms with Crippen molar-refractivity contribution in [1.29, 1.82) is 0 Å². The molecule has 46 heavy (non-hydrogen) atoms. The smallest absolute Gasteiger partial charge is 0.0497 e. The molecule has 8 aromatic carbocycles. The summed E-state index contributed by atoms with van der Waals surface area (Å²) in [5, 5.41) is 7.61. The molecule has 0 spiro atoms. The second-order valence-corrected chi connectivity index (χ2v) is 12.1. The van der Waals surface area contributed by atoms with Gasteiger partial charge in [-0.1, -0.05) is 152 Å². The number of anilines is 2. The van der Waals surface area contributed by atoms with Crippen LogP contribution in [0.25, 0.3) is 60.3 Å². The van der Waals surface area contributed by atoms with Gasteiger partial charge in [0.15, 0.2) is 0 Å². The van der Waals surface area contributed by atoms with Crippen molar-refractivity contribution in [2.45, 2.75) is 6.42 Å². The summed E-state index contributed by atoms with van der Waals surface area (Å²) in [6, 6.07) is 62.0. The molecule has 1 aliphatic heterocycles. The van der Waals surface area contributed by atoms with Gasteiger partial charge in [-0.05, 0) is 96.4 Å². The van der Waals surface area contributed by atoms with Gasteiger partial charge in [-0.15, -0.1) is 0 Å². The second kappa shape index (κ2) is 10.9. The summed E-state index contributed by atoms with van der Waals surface area (Å²) in [5.74, 6) is 0. The van der Waals surface area contributed by atoms with Crippen LogP contribution in [0.3, 0.4) is 0 Å². The minimum Gasteiger partial charge on any atom is -0.310 e. The third kappa shape index (κ3) is 4.32. The van der Waals surface area contributed by atoms with Crippen molar-refractivity contribution in [3.8, 4) is 22.3 Å². The van der Waals surface area contributed by atoms with E-state index in [1.54, 1.807) is 0 Å². The molecule has 8 aromatic rings. The first kappa shape index (κ1) is 26.5. The Hall–Kier alpha value is -5.92. The minimum atomic E-state index is 0.927. The normalized spacial score (nSPS) is 12.8. The van der Waals surface area contributed by atoms with Crippen LogP contribution >= 0.6 is 0 Å². The van der Waals surface area contributed by atoms with Crippen LogP contribution in [0.5, 0.6) is 0 Å². The van der Waals surface area contributed by atoms with Crippen LogP contribution in [-0.2, 0) is 6.42 Å². The van der Waals surface area contributed by atoms with E-state index in [4.69, 9.17) is 0 Å². The summed E-state index contributed by atoms with van der Waals surface area (Å²) < 4.78 is 0. The molecular formula is C45H31N. The monoisotopic (exact) mass is 585 g/mol. The SMILES string of the molecule is C1=C(c2ccccc2)N(c2ccc(-c3c4ccccc4c(-c4ccc5ccccc5c4)c4ccccc34)cc2)c2ccccc2C1. The number of para-hydroxylation sites is 1. The van der Waals surface area contributed by atoms with Gasteiger partial charge in [-0.3, -0.25) is 0 Å². The van der Waals surface area contributed by atoms with E-state index < -0.39 is 0 Å². The van der Waals surface area contributed by atoms with Gasteiger partial charge in [0.1, 0.15) is 0 Å². The van der Waals surface area contributed by atoms with Gasteiger partial charge < -0.3 is 4.90 Å². The summed E-state index contributed by atoms with van der Waals surface area (Å²) in [6.45, 7) is 0. The van der Waals surface area contributed by atoms with E-state index in [0.717, 1.165) is 12.1 Å². The summed E-state index contributed by atoms with van der Waals surface area (Å²) in [4.78, 5) is 2.41. The topological polar surface area (TPSA) is 3.24 Å². The van der Waals surface area contributed by atoms with E-state index in [9.17, 15) is 0 Å². The van der Waals surface area contributed by atoms with Crippen molar-refractivity contribution in [3.05, 3.63) is 187 Å². The Kier molecular flexibility index (Phi) is 6.28. The molecule has 9 rings (SSSR count). The molecule has 0 aliphatic carbocycles. The van der Waals surface area contributed by atoms with Crippen molar-refractivity contribution in [2.24, 2.45) is 0 Å². The fourth-order valence-electron chi connectivity index (χ4n) is 7.34. The molecule has 1 aliphatic rings. The summed E-state index contributed by atoms with van der Waals surface area (Å²) in [6.07, 6.45) is 3.29. The number of hydrogen-bond acceptors (Lipinski definition) is 1. The molecule has 1 heterocycles. The highest BCUT2D eigenvalue weighted by Gasteiger charge is 2.23. The van der Waals surface area contributed by atoms with E-state index in [1.165, 1.54) is 77.1 Å². The third-order valence-corrected chi connectivity index (χ3v) is 9.44.